The summed E-state index contributed by atoms with van der Waals surface area (Å²) < 4.78 is 0. The normalized spacial score (nSPS) is 9.85. The lowest BCUT2D eigenvalue weighted by Crippen LogP contribution is -2.43. The Kier molecular flexibility index (Phi) is 5.88. The van der Waals surface area contributed by atoms with Gasteiger partial charge in [0.2, 0.25) is 0 Å². The first-order valence-corrected chi connectivity index (χ1v) is 4.27. The standard InChI is InChI=1S/C8H16N2O3/c1-6(2)10-8(13)7(12)9-4-3-5-11/h6,11H,3-5H2,1-2H3,(H,9,12)(H,10,13). The van der Waals surface area contributed by atoms with Gasteiger partial charge in [-0.3, -0.25) is 9.59 Å². The third-order valence-corrected chi connectivity index (χ3v) is 1.25. The number of hydrogen-bond donors (Lipinski definition) is 3. The first-order valence-electron chi connectivity index (χ1n) is 4.27. The Balaban J connectivity index is 3.64. The molecule has 0 aliphatic rings. The first-order chi connectivity index (χ1) is 6.07. The quantitative estimate of drug-likeness (QED) is 0.391. The topological polar surface area (TPSA) is 78.4 Å². The van der Waals surface area contributed by atoms with Gasteiger partial charge in [-0.1, -0.05) is 0 Å². The van der Waals surface area contributed by atoms with Crippen LogP contribution in [0.3, 0.4) is 0 Å². The van der Waals surface area contributed by atoms with E-state index in [-0.39, 0.29) is 12.6 Å². The van der Waals surface area contributed by atoms with Gasteiger partial charge in [-0.25, -0.2) is 0 Å². The number of amides is 2. The van der Waals surface area contributed by atoms with Crippen molar-refractivity contribution in [3.63, 3.8) is 0 Å². The molecule has 0 saturated heterocycles. The number of aliphatic hydroxyl groups excluding tert-OH is 1. The maximum Gasteiger partial charge on any atom is 0.309 e. The Hall–Kier alpha value is -1.10. The number of carbonyl (C=O) groups is 2. The van der Waals surface area contributed by atoms with Crippen molar-refractivity contribution in [1.82, 2.24) is 10.6 Å². The van der Waals surface area contributed by atoms with Crippen LogP contribution in [0.1, 0.15) is 20.3 Å². The van der Waals surface area contributed by atoms with Gasteiger partial charge in [0.15, 0.2) is 0 Å². The van der Waals surface area contributed by atoms with E-state index in [1.165, 1.54) is 0 Å². The molecule has 0 radical (unpaired) electrons. The predicted molar refractivity (Wildman–Crippen MR) is 48.0 cm³/mol. The molecule has 0 aliphatic carbocycles. The molecule has 76 valence electrons. The van der Waals surface area contributed by atoms with E-state index in [1.807, 2.05) is 0 Å². The third kappa shape index (κ3) is 6.10. The van der Waals surface area contributed by atoms with Crippen molar-refractivity contribution in [2.75, 3.05) is 13.2 Å². The fourth-order valence-corrected chi connectivity index (χ4v) is 0.689. The molecule has 0 rings (SSSR count). The molecule has 0 heterocycles. The molecule has 0 fully saturated rings. The van der Waals surface area contributed by atoms with Crippen molar-refractivity contribution < 1.29 is 14.7 Å². The maximum atomic E-state index is 11.0. The number of carbonyl (C=O) groups excluding carboxylic acids is 2. The lowest BCUT2D eigenvalue weighted by Gasteiger charge is -2.07. The SMILES string of the molecule is CC(C)NC(=O)C(=O)NCCCO. The van der Waals surface area contributed by atoms with E-state index in [9.17, 15) is 9.59 Å². The molecule has 0 aromatic rings. The summed E-state index contributed by atoms with van der Waals surface area (Å²) in [5, 5.41) is 13.2. The summed E-state index contributed by atoms with van der Waals surface area (Å²) in [5.74, 6) is -1.28. The van der Waals surface area contributed by atoms with E-state index in [4.69, 9.17) is 5.11 Å². The van der Waals surface area contributed by atoms with Crippen molar-refractivity contribution in [1.29, 1.82) is 0 Å². The van der Waals surface area contributed by atoms with Crippen LogP contribution in [0.5, 0.6) is 0 Å². The number of hydrogen-bond acceptors (Lipinski definition) is 3. The average molecular weight is 188 g/mol. The van der Waals surface area contributed by atoms with Crippen LogP contribution in [0, 0.1) is 0 Å². The van der Waals surface area contributed by atoms with Gasteiger partial charge in [0.1, 0.15) is 0 Å². The molecule has 0 spiro atoms. The minimum Gasteiger partial charge on any atom is -0.396 e. The van der Waals surface area contributed by atoms with Gasteiger partial charge in [-0.05, 0) is 20.3 Å². The lowest BCUT2D eigenvalue weighted by atomic mass is 10.3. The van der Waals surface area contributed by atoms with Crippen molar-refractivity contribution >= 4 is 11.8 Å². The van der Waals surface area contributed by atoms with E-state index in [2.05, 4.69) is 10.6 Å². The molecule has 0 unspecified atom stereocenters. The second kappa shape index (κ2) is 6.42. The fraction of sp³-hybridized carbons (Fsp3) is 0.750. The van der Waals surface area contributed by atoms with Gasteiger partial charge >= 0.3 is 11.8 Å². The summed E-state index contributed by atoms with van der Waals surface area (Å²) in [6, 6.07) is -0.0453. The molecule has 0 aromatic carbocycles. The minimum atomic E-state index is -0.651. The number of aliphatic hydroxyl groups is 1. The first kappa shape index (κ1) is 11.9. The highest BCUT2D eigenvalue weighted by Crippen LogP contribution is 1.78. The van der Waals surface area contributed by atoms with Crippen LogP contribution >= 0.6 is 0 Å². The zero-order valence-electron chi connectivity index (χ0n) is 7.96. The van der Waals surface area contributed by atoms with Crippen LogP contribution in [-0.2, 0) is 9.59 Å². The Morgan fingerprint density at radius 2 is 1.92 bits per heavy atom. The average Bonchev–Trinajstić information content (AvgIpc) is 2.03. The molecular weight excluding hydrogens is 172 g/mol. The van der Waals surface area contributed by atoms with Gasteiger partial charge < -0.3 is 15.7 Å². The maximum absolute atomic E-state index is 11.0. The Morgan fingerprint density at radius 3 is 2.38 bits per heavy atom. The molecule has 0 aliphatic heterocycles. The molecule has 0 bridgehead atoms. The molecule has 0 saturated carbocycles. The van der Waals surface area contributed by atoms with Crippen molar-refractivity contribution in [3.05, 3.63) is 0 Å². The molecule has 2 amide bonds. The Labute approximate surface area is 77.5 Å². The lowest BCUT2D eigenvalue weighted by molar-refractivity contribution is -0.139. The van der Waals surface area contributed by atoms with Crippen LogP contribution in [-0.4, -0.2) is 36.1 Å². The Bertz CT molecular complexity index is 180. The van der Waals surface area contributed by atoms with Crippen LogP contribution in [0.25, 0.3) is 0 Å². The molecule has 0 atom stereocenters. The Morgan fingerprint density at radius 1 is 1.31 bits per heavy atom. The molecule has 13 heavy (non-hydrogen) atoms. The van der Waals surface area contributed by atoms with Gasteiger partial charge in [0.05, 0.1) is 0 Å². The molecule has 3 N–H and O–H groups in total. The summed E-state index contributed by atoms with van der Waals surface area (Å²) in [7, 11) is 0. The van der Waals surface area contributed by atoms with Gasteiger partial charge in [-0.2, -0.15) is 0 Å². The van der Waals surface area contributed by atoms with Crippen molar-refractivity contribution in [2.24, 2.45) is 0 Å². The minimum absolute atomic E-state index is 0.00603. The summed E-state index contributed by atoms with van der Waals surface area (Å²) in [6.45, 7) is 3.88. The summed E-state index contributed by atoms with van der Waals surface area (Å²) in [4.78, 5) is 21.9. The predicted octanol–water partition coefficient (Wildman–Crippen LogP) is -0.990. The van der Waals surface area contributed by atoms with Crippen LogP contribution < -0.4 is 10.6 Å². The number of rotatable bonds is 4. The summed E-state index contributed by atoms with van der Waals surface area (Å²) >= 11 is 0. The van der Waals surface area contributed by atoms with Gasteiger partial charge in [0.25, 0.3) is 0 Å². The summed E-state index contributed by atoms with van der Waals surface area (Å²) in [6.07, 6.45) is 0.459. The second-order valence-electron chi connectivity index (χ2n) is 2.96. The summed E-state index contributed by atoms with van der Waals surface area (Å²) in [5.41, 5.74) is 0. The van der Waals surface area contributed by atoms with Gasteiger partial charge in [-0.15, -0.1) is 0 Å². The van der Waals surface area contributed by atoms with Crippen LogP contribution in [0.2, 0.25) is 0 Å². The van der Waals surface area contributed by atoms with E-state index in [0.717, 1.165) is 0 Å². The van der Waals surface area contributed by atoms with E-state index < -0.39 is 11.8 Å². The van der Waals surface area contributed by atoms with Crippen LogP contribution in [0.15, 0.2) is 0 Å². The van der Waals surface area contributed by atoms with Crippen molar-refractivity contribution in [2.45, 2.75) is 26.3 Å². The fourth-order valence-electron chi connectivity index (χ4n) is 0.689. The van der Waals surface area contributed by atoms with Crippen LogP contribution in [0.4, 0.5) is 0 Å². The second-order valence-corrected chi connectivity index (χ2v) is 2.96. The highest BCUT2D eigenvalue weighted by atomic mass is 16.3. The molecule has 0 aromatic heterocycles. The molecule has 5 nitrogen and oxygen atoms in total. The largest absolute Gasteiger partial charge is 0.396 e. The zero-order valence-corrected chi connectivity index (χ0v) is 7.96. The molecule has 5 heteroatoms. The van der Waals surface area contributed by atoms with E-state index in [1.54, 1.807) is 13.8 Å². The van der Waals surface area contributed by atoms with E-state index >= 15 is 0 Å². The van der Waals surface area contributed by atoms with Gasteiger partial charge in [0, 0.05) is 19.2 Å². The van der Waals surface area contributed by atoms with E-state index in [0.29, 0.717) is 13.0 Å². The van der Waals surface area contributed by atoms with Crippen molar-refractivity contribution in [3.8, 4) is 0 Å². The smallest absolute Gasteiger partial charge is 0.309 e. The zero-order chi connectivity index (χ0) is 10.3. The third-order valence-electron chi connectivity index (χ3n) is 1.25. The molecular formula is C8H16N2O3. The number of nitrogens with one attached hydrogen (secondary N) is 2. The highest BCUT2D eigenvalue weighted by molar-refractivity contribution is 6.35. The highest BCUT2D eigenvalue weighted by Gasteiger charge is 2.12. The monoisotopic (exact) mass is 188 g/mol.